The molecule has 138 valence electrons. The van der Waals surface area contributed by atoms with Crippen molar-refractivity contribution >= 4 is 28.5 Å². The first-order valence-electron chi connectivity index (χ1n) is 8.58. The van der Waals surface area contributed by atoms with Gasteiger partial charge in [0.05, 0.1) is 17.1 Å². The summed E-state index contributed by atoms with van der Waals surface area (Å²) in [6, 6.07) is 14.3. The largest absolute Gasteiger partial charge is 0.335 e. The van der Waals surface area contributed by atoms with Gasteiger partial charge in [-0.25, -0.2) is 15.0 Å². The summed E-state index contributed by atoms with van der Waals surface area (Å²) in [5, 5.41) is 0.330. The third-order valence-electron chi connectivity index (χ3n) is 4.28. The first kappa shape index (κ1) is 18.0. The van der Waals surface area contributed by atoms with Crippen LogP contribution in [-0.2, 0) is 0 Å². The number of halogens is 1. The van der Waals surface area contributed by atoms with Gasteiger partial charge in [-0.15, -0.1) is 0 Å². The molecule has 0 aliphatic rings. The van der Waals surface area contributed by atoms with Crippen LogP contribution in [0.4, 0.5) is 0 Å². The summed E-state index contributed by atoms with van der Waals surface area (Å²) < 4.78 is 0. The number of carbonyl (C=O) groups excluding carboxylic acids is 1. The average Bonchev–Trinajstić information content (AvgIpc) is 2.67. The lowest BCUT2D eigenvalue weighted by Crippen LogP contribution is -2.12. The van der Waals surface area contributed by atoms with Gasteiger partial charge in [-0.2, -0.15) is 0 Å². The Labute approximate surface area is 165 Å². The number of fused-ring (bicyclic) bond motifs is 1. The normalized spacial score (nSPS) is 11.0. The van der Waals surface area contributed by atoms with Gasteiger partial charge in [0.1, 0.15) is 5.15 Å². The fourth-order valence-corrected chi connectivity index (χ4v) is 3.26. The number of aromatic amines is 1. The quantitative estimate of drug-likeness (QED) is 0.418. The van der Waals surface area contributed by atoms with E-state index in [-0.39, 0.29) is 28.1 Å². The molecule has 6 nitrogen and oxygen atoms in total. The Bertz CT molecular complexity index is 1260. The predicted molar refractivity (Wildman–Crippen MR) is 109 cm³/mol. The Hall–Kier alpha value is -3.38. The predicted octanol–water partition coefficient (Wildman–Crippen LogP) is 4.21. The number of ketones is 1. The average molecular weight is 391 g/mol. The van der Waals surface area contributed by atoms with Crippen molar-refractivity contribution in [1.29, 1.82) is 0 Å². The molecule has 3 heterocycles. The van der Waals surface area contributed by atoms with E-state index in [1.165, 1.54) is 13.0 Å². The Kier molecular flexibility index (Phi) is 4.49. The maximum atomic E-state index is 12.6. The van der Waals surface area contributed by atoms with E-state index >= 15 is 0 Å². The summed E-state index contributed by atoms with van der Waals surface area (Å²) in [6.07, 6.45) is 0. The van der Waals surface area contributed by atoms with Crippen molar-refractivity contribution in [2.24, 2.45) is 0 Å². The van der Waals surface area contributed by atoms with E-state index in [0.29, 0.717) is 22.1 Å². The second-order valence-electron chi connectivity index (χ2n) is 6.41. The lowest BCUT2D eigenvalue weighted by Gasteiger charge is -2.11. The van der Waals surface area contributed by atoms with Crippen LogP contribution in [0.5, 0.6) is 0 Å². The number of hydrogen-bond donors (Lipinski definition) is 1. The van der Waals surface area contributed by atoms with E-state index in [0.717, 1.165) is 11.3 Å². The molecule has 0 fully saturated rings. The van der Waals surface area contributed by atoms with Gasteiger partial charge in [0.25, 0.3) is 0 Å². The molecule has 0 saturated heterocycles. The molecule has 0 radical (unpaired) electrons. The van der Waals surface area contributed by atoms with E-state index in [1.807, 2.05) is 43.3 Å². The Balaban J connectivity index is 2.09. The van der Waals surface area contributed by atoms with Crippen LogP contribution in [0.2, 0.25) is 5.15 Å². The zero-order valence-electron chi connectivity index (χ0n) is 15.2. The molecule has 0 unspecified atom stereocenters. The van der Waals surface area contributed by atoms with Crippen molar-refractivity contribution in [3.63, 3.8) is 0 Å². The summed E-state index contributed by atoms with van der Waals surface area (Å²) in [5.41, 5.74) is 3.60. The number of hydrogen-bond acceptors (Lipinski definition) is 5. The zero-order valence-corrected chi connectivity index (χ0v) is 15.9. The fraction of sp³-hybridized carbons (Fsp3) is 0.0952. The molecular weight excluding hydrogens is 376 g/mol. The minimum Gasteiger partial charge on any atom is -0.335 e. The van der Waals surface area contributed by atoms with Crippen molar-refractivity contribution in [3.05, 3.63) is 75.3 Å². The number of aryl methyl sites for hydroxylation is 1. The van der Waals surface area contributed by atoms with Crippen LogP contribution in [0.3, 0.4) is 0 Å². The van der Waals surface area contributed by atoms with Gasteiger partial charge in [-0.05, 0) is 19.1 Å². The summed E-state index contributed by atoms with van der Waals surface area (Å²) in [6.45, 7) is 3.22. The number of benzene rings is 1. The van der Waals surface area contributed by atoms with Crippen LogP contribution in [0.25, 0.3) is 33.7 Å². The van der Waals surface area contributed by atoms with Gasteiger partial charge in [0.2, 0.25) is 5.43 Å². The molecule has 0 aliphatic carbocycles. The molecule has 3 aromatic heterocycles. The Morgan fingerprint density at radius 1 is 0.964 bits per heavy atom. The lowest BCUT2D eigenvalue weighted by atomic mass is 10.0. The maximum Gasteiger partial charge on any atom is 0.210 e. The third-order valence-corrected chi connectivity index (χ3v) is 4.47. The SMILES string of the molecule is CC(=O)c1cc(=O)c2nc(-c3cc(C)nc(Cl)c3)c(-c3ccccc3)nc2[nH]1. The number of nitrogens with zero attached hydrogens (tertiary/aromatic N) is 3. The topological polar surface area (TPSA) is 88.6 Å². The second-order valence-corrected chi connectivity index (χ2v) is 6.79. The molecule has 7 heteroatoms. The zero-order chi connectivity index (χ0) is 19.8. The lowest BCUT2D eigenvalue weighted by molar-refractivity contribution is 0.101. The monoisotopic (exact) mass is 390 g/mol. The second kappa shape index (κ2) is 6.98. The first-order chi connectivity index (χ1) is 13.4. The molecule has 0 amide bonds. The fourth-order valence-electron chi connectivity index (χ4n) is 3.01. The molecule has 4 aromatic rings. The van der Waals surface area contributed by atoms with E-state index in [2.05, 4.69) is 19.9 Å². The van der Waals surface area contributed by atoms with Crippen LogP contribution < -0.4 is 5.43 Å². The van der Waals surface area contributed by atoms with E-state index in [4.69, 9.17) is 11.6 Å². The van der Waals surface area contributed by atoms with Crippen molar-refractivity contribution in [1.82, 2.24) is 19.9 Å². The molecule has 0 spiro atoms. The van der Waals surface area contributed by atoms with Crippen LogP contribution in [0.1, 0.15) is 23.1 Å². The van der Waals surface area contributed by atoms with Crippen molar-refractivity contribution in [3.8, 4) is 22.5 Å². The molecule has 4 rings (SSSR count). The molecule has 0 bridgehead atoms. The Morgan fingerprint density at radius 3 is 2.36 bits per heavy atom. The van der Waals surface area contributed by atoms with Crippen molar-refractivity contribution in [2.75, 3.05) is 0 Å². The van der Waals surface area contributed by atoms with E-state index < -0.39 is 0 Å². The van der Waals surface area contributed by atoms with Crippen molar-refractivity contribution < 1.29 is 4.79 Å². The number of pyridine rings is 2. The van der Waals surface area contributed by atoms with Gasteiger partial charge in [-0.3, -0.25) is 9.59 Å². The Morgan fingerprint density at radius 2 is 1.68 bits per heavy atom. The van der Waals surface area contributed by atoms with Crippen LogP contribution in [0, 0.1) is 6.92 Å². The van der Waals surface area contributed by atoms with Crippen LogP contribution in [0.15, 0.2) is 53.3 Å². The van der Waals surface area contributed by atoms with E-state index in [9.17, 15) is 9.59 Å². The van der Waals surface area contributed by atoms with Crippen LogP contribution in [-0.4, -0.2) is 25.7 Å². The van der Waals surface area contributed by atoms with Gasteiger partial charge in [0, 0.05) is 29.8 Å². The van der Waals surface area contributed by atoms with Gasteiger partial charge in [0.15, 0.2) is 16.9 Å². The van der Waals surface area contributed by atoms with Gasteiger partial charge >= 0.3 is 0 Å². The standard InChI is InChI=1S/C21H15ClN4O2/c1-11-8-14(9-17(22)23-11)19-18(13-6-4-3-5-7-13)26-21-20(25-19)16(28)10-15(24-21)12(2)27/h3-10H,1-2H3,(H,24,26,28). The number of aromatic nitrogens is 4. The number of rotatable bonds is 3. The summed E-state index contributed by atoms with van der Waals surface area (Å²) in [4.78, 5) is 40.6. The minimum absolute atomic E-state index is 0.158. The van der Waals surface area contributed by atoms with Crippen LogP contribution >= 0.6 is 11.6 Å². The molecule has 1 aromatic carbocycles. The van der Waals surface area contributed by atoms with Gasteiger partial charge in [-0.1, -0.05) is 41.9 Å². The number of nitrogens with one attached hydrogen (secondary N) is 1. The summed E-state index contributed by atoms with van der Waals surface area (Å²) in [5.74, 6) is -0.248. The molecule has 28 heavy (non-hydrogen) atoms. The molecule has 0 saturated carbocycles. The molecule has 0 atom stereocenters. The van der Waals surface area contributed by atoms with Crippen molar-refractivity contribution in [2.45, 2.75) is 13.8 Å². The summed E-state index contributed by atoms with van der Waals surface area (Å²) >= 11 is 6.14. The third kappa shape index (κ3) is 3.30. The highest BCUT2D eigenvalue weighted by molar-refractivity contribution is 6.29. The maximum absolute atomic E-state index is 12.6. The smallest absolute Gasteiger partial charge is 0.210 e. The number of Topliss-reactive ketones (excluding diaryl/α,β-unsaturated/α-hetero) is 1. The summed E-state index contributed by atoms with van der Waals surface area (Å²) in [7, 11) is 0. The van der Waals surface area contributed by atoms with Gasteiger partial charge < -0.3 is 4.98 Å². The van der Waals surface area contributed by atoms with E-state index in [1.54, 1.807) is 6.07 Å². The highest BCUT2D eigenvalue weighted by Gasteiger charge is 2.17. The minimum atomic E-state index is -0.371. The molecular formula is C21H15ClN4O2. The first-order valence-corrected chi connectivity index (χ1v) is 8.96. The molecule has 0 aliphatic heterocycles. The number of carbonyl (C=O) groups is 1. The highest BCUT2D eigenvalue weighted by Crippen LogP contribution is 2.31. The highest BCUT2D eigenvalue weighted by atomic mass is 35.5. The molecule has 1 N–H and O–H groups in total. The number of H-pyrrole nitrogens is 1.